The lowest BCUT2D eigenvalue weighted by atomic mass is 10.1. The Hall–Kier alpha value is -2.51. The number of thiazole rings is 1. The van der Waals surface area contributed by atoms with Crippen LogP contribution in [0.3, 0.4) is 0 Å². The van der Waals surface area contributed by atoms with Crippen LogP contribution in [0.25, 0.3) is 16.9 Å². The molecule has 3 heterocycles. The zero-order valence-corrected chi connectivity index (χ0v) is 14.8. The Bertz CT molecular complexity index is 950. The van der Waals surface area contributed by atoms with Crippen LogP contribution in [0, 0.1) is 0 Å². The lowest BCUT2D eigenvalue weighted by Gasteiger charge is -2.28. The van der Waals surface area contributed by atoms with E-state index < -0.39 is 0 Å². The van der Waals surface area contributed by atoms with Crippen molar-refractivity contribution in [3.63, 3.8) is 0 Å². The maximum absolute atomic E-state index is 12.9. The number of hydrogen-bond acceptors (Lipinski definition) is 5. The number of nitrogens with zero attached hydrogens (tertiary/aromatic N) is 5. The zero-order chi connectivity index (χ0) is 17.4. The average molecular weight is 372 g/mol. The van der Waals surface area contributed by atoms with Crippen molar-refractivity contribution in [3.8, 4) is 10.8 Å². The molecule has 0 atom stereocenters. The number of rotatable bonds is 3. The van der Waals surface area contributed by atoms with Crippen LogP contribution in [-0.2, 0) is 13.1 Å². The number of aromatic nitrogens is 4. The van der Waals surface area contributed by atoms with Crippen LogP contribution in [0.4, 0.5) is 0 Å². The minimum Gasteiger partial charge on any atom is -0.329 e. The molecule has 0 saturated heterocycles. The molecule has 8 heteroatoms. The minimum absolute atomic E-state index is 0.0811. The third-order valence-electron chi connectivity index (χ3n) is 4.15. The fourth-order valence-electron chi connectivity index (χ4n) is 2.92. The molecule has 6 nitrogen and oxygen atoms in total. The molecular weight excluding hydrogens is 358 g/mol. The van der Waals surface area contributed by atoms with E-state index in [2.05, 4.69) is 21.8 Å². The number of halogens is 1. The van der Waals surface area contributed by atoms with Gasteiger partial charge in [-0.3, -0.25) is 4.79 Å². The lowest BCUT2D eigenvalue weighted by molar-refractivity contribution is 0.0708. The Morgan fingerprint density at radius 1 is 1.32 bits per heavy atom. The van der Waals surface area contributed by atoms with Gasteiger partial charge in [-0.2, -0.15) is 0 Å². The molecule has 0 unspecified atom stereocenters. The molecule has 0 radical (unpaired) electrons. The van der Waals surface area contributed by atoms with Gasteiger partial charge in [-0.25, -0.2) is 4.98 Å². The van der Waals surface area contributed by atoms with Gasteiger partial charge in [-0.15, -0.1) is 21.5 Å². The van der Waals surface area contributed by atoms with E-state index in [1.165, 1.54) is 11.3 Å². The van der Waals surface area contributed by atoms with Crippen molar-refractivity contribution >= 4 is 34.9 Å². The van der Waals surface area contributed by atoms with Gasteiger partial charge in [0.15, 0.2) is 16.7 Å². The highest BCUT2D eigenvalue weighted by Gasteiger charge is 2.27. The fourth-order valence-corrected chi connectivity index (χ4v) is 3.80. The van der Waals surface area contributed by atoms with Crippen LogP contribution < -0.4 is 0 Å². The van der Waals surface area contributed by atoms with E-state index in [-0.39, 0.29) is 5.91 Å². The van der Waals surface area contributed by atoms with E-state index in [4.69, 9.17) is 11.6 Å². The predicted octanol–water partition coefficient (Wildman–Crippen LogP) is 3.35. The van der Waals surface area contributed by atoms with Gasteiger partial charge in [-0.05, 0) is 12.1 Å². The first-order valence-electron chi connectivity index (χ1n) is 7.71. The van der Waals surface area contributed by atoms with Crippen molar-refractivity contribution in [2.45, 2.75) is 13.1 Å². The molecule has 2 aromatic heterocycles. The monoisotopic (exact) mass is 371 g/mol. The normalized spacial score (nSPS) is 13.6. The van der Waals surface area contributed by atoms with Crippen LogP contribution in [0.15, 0.2) is 36.4 Å². The second-order valence-corrected chi connectivity index (χ2v) is 6.86. The maximum Gasteiger partial charge on any atom is 0.254 e. The topological polar surface area (TPSA) is 63.9 Å². The van der Waals surface area contributed by atoms with Crippen molar-refractivity contribution in [2.24, 2.45) is 0 Å². The minimum atomic E-state index is -0.0811. The number of carbonyl (C=O) groups is 1. The van der Waals surface area contributed by atoms with Crippen LogP contribution in [0.2, 0.25) is 5.02 Å². The average Bonchev–Trinajstić information content (AvgIpc) is 3.29. The fraction of sp³-hybridized carbons (Fsp3) is 0.176. The number of amides is 1. The summed E-state index contributed by atoms with van der Waals surface area (Å²) in [6.45, 7) is 5.37. The summed E-state index contributed by atoms with van der Waals surface area (Å²) in [7, 11) is 0. The van der Waals surface area contributed by atoms with Gasteiger partial charge in [0.1, 0.15) is 0 Å². The van der Waals surface area contributed by atoms with Crippen molar-refractivity contribution in [3.05, 3.63) is 58.3 Å². The second-order valence-electron chi connectivity index (χ2n) is 5.56. The van der Waals surface area contributed by atoms with Gasteiger partial charge in [0, 0.05) is 40.8 Å². The highest BCUT2D eigenvalue weighted by atomic mass is 35.5. The molecule has 0 spiro atoms. The molecule has 1 aliphatic rings. The Balaban J connectivity index is 1.62. The van der Waals surface area contributed by atoms with Crippen molar-refractivity contribution in [2.75, 3.05) is 6.54 Å². The standard InChI is InChI=1S/C17H14ClN5OS/c1-2-11-12(4-3-5-13(11)18)17(24)22-7-8-23-14(10-22)20-21-15(23)16-19-6-9-25-16/h2-6,9H,1,7-8,10H2. The quantitative estimate of drug-likeness (QED) is 0.708. The summed E-state index contributed by atoms with van der Waals surface area (Å²) < 4.78 is 2.02. The molecule has 0 aliphatic carbocycles. The maximum atomic E-state index is 12.9. The molecule has 1 aromatic carbocycles. The molecule has 126 valence electrons. The van der Waals surface area contributed by atoms with Gasteiger partial charge >= 0.3 is 0 Å². The summed E-state index contributed by atoms with van der Waals surface area (Å²) in [5.74, 6) is 1.43. The molecule has 0 saturated carbocycles. The Kier molecular flexibility index (Phi) is 4.10. The van der Waals surface area contributed by atoms with Crippen LogP contribution in [0.1, 0.15) is 21.7 Å². The largest absolute Gasteiger partial charge is 0.329 e. The molecule has 4 rings (SSSR count). The van der Waals surface area contributed by atoms with Crippen LogP contribution in [-0.4, -0.2) is 37.1 Å². The van der Waals surface area contributed by atoms with E-state index >= 15 is 0 Å². The third kappa shape index (κ3) is 2.75. The van der Waals surface area contributed by atoms with E-state index in [1.807, 2.05) is 9.95 Å². The van der Waals surface area contributed by atoms with Crippen molar-refractivity contribution in [1.82, 2.24) is 24.6 Å². The Morgan fingerprint density at radius 2 is 2.20 bits per heavy atom. The van der Waals surface area contributed by atoms with Gasteiger partial charge in [-0.1, -0.05) is 30.3 Å². The summed E-state index contributed by atoms with van der Waals surface area (Å²) in [6, 6.07) is 5.30. The summed E-state index contributed by atoms with van der Waals surface area (Å²) in [6.07, 6.45) is 3.36. The number of fused-ring (bicyclic) bond motifs is 1. The van der Waals surface area contributed by atoms with Crippen LogP contribution >= 0.6 is 22.9 Å². The third-order valence-corrected chi connectivity index (χ3v) is 5.25. The van der Waals surface area contributed by atoms with Gasteiger partial charge in [0.2, 0.25) is 0 Å². The molecule has 1 amide bonds. The molecular formula is C17H14ClN5OS. The van der Waals surface area contributed by atoms with Crippen molar-refractivity contribution in [1.29, 1.82) is 0 Å². The van der Waals surface area contributed by atoms with E-state index in [1.54, 1.807) is 35.4 Å². The summed E-state index contributed by atoms with van der Waals surface area (Å²) in [5, 5.41) is 11.7. The Morgan fingerprint density at radius 3 is 2.96 bits per heavy atom. The summed E-state index contributed by atoms with van der Waals surface area (Å²) in [4.78, 5) is 19.0. The first-order valence-corrected chi connectivity index (χ1v) is 8.97. The number of benzene rings is 1. The van der Waals surface area contributed by atoms with Crippen molar-refractivity contribution < 1.29 is 4.79 Å². The number of carbonyl (C=O) groups excluding carboxylic acids is 1. The molecule has 0 N–H and O–H groups in total. The SMILES string of the molecule is C=Cc1c(Cl)cccc1C(=O)N1CCn2c(nnc2-c2nccs2)C1. The van der Waals surface area contributed by atoms with Gasteiger partial charge in [0.25, 0.3) is 5.91 Å². The lowest BCUT2D eigenvalue weighted by Crippen LogP contribution is -2.38. The molecule has 0 bridgehead atoms. The van der Waals surface area contributed by atoms with Gasteiger partial charge < -0.3 is 9.47 Å². The predicted molar refractivity (Wildman–Crippen MR) is 97.4 cm³/mol. The Labute approximate surface area is 153 Å². The summed E-state index contributed by atoms with van der Waals surface area (Å²) >= 11 is 7.70. The first-order chi connectivity index (χ1) is 12.2. The highest BCUT2D eigenvalue weighted by molar-refractivity contribution is 7.13. The smallest absolute Gasteiger partial charge is 0.254 e. The zero-order valence-electron chi connectivity index (χ0n) is 13.2. The molecule has 3 aromatic rings. The summed E-state index contributed by atoms with van der Waals surface area (Å²) in [5.41, 5.74) is 1.21. The first kappa shape index (κ1) is 16.0. The van der Waals surface area contributed by atoms with E-state index in [0.717, 1.165) is 16.7 Å². The number of hydrogen-bond donors (Lipinski definition) is 0. The second kappa shape index (κ2) is 6.42. The molecule has 25 heavy (non-hydrogen) atoms. The van der Waals surface area contributed by atoms with Gasteiger partial charge in [0.05, 0.1) is 6.54 Å². The van der Waals surface area contributed by atoms with E-state index in [0.29, 0.717) is 35.8 Å². The van der Waals surface area contributed by atoms with Crippen LogP contribution in [0.5, 0.6) is 0 Å². The molecule has 1 aliphatic heterocycles. The highest BCUT2D eigenvalue weighted by Crippen LogP contribution is 2.26. The molecule has 0 fully saturated rings. The van der Waals surface area contributed by atoms with E-state index in [9.17, 15) is 4.79 Å².